The molecular weight excluding hydrogens is 250 g/mol. The standard InChI is InChI=1S/C17H15NO2/c1-12-10-15(19)8-9-17(12)20-11-14-7-6-13-4-2-3-5-16(13)18-14/h2-10,19H,11H2,1H3. The highest BCUT2D eigenvalue weighted by atomic mass is 16.5. The summed E-state index contributed by atoms with van der Waals surface area (Å²) in [5.74, 6) is 1.01. The van der Waals surface area contributed by atoms with E-state index in [1.165, 1.54) is 0 Å². The third-order valence-corrected chi connectivity index (χ3v) is 3.19. The second kappa shape index (κ2) is 5.21. The maximum absolute atomic E-state index is 9.37. The molecule has 3 nitrogen and oxygen atoms in total. The summed E-state index contributed by atoms with van der Waals surface area (Å²) in [7, 11) is 0. The Bertz CT molecular complexity index is 753. The number of nitrogens with zero attached hydrogens (tertiary/aromatic N) is 1. The predicted octanol–water partition coefficient (Wildman–Crippen LogP) is 3.83. The van der Waals surface area contributed by atoms with E-state index in [2.05, 4.69) is 4.98 Å². The Morgan fingerprint density at radius 2 is 1.90 bits per heavy atom. The number of rotatable bonds is 3. The van der Waals surface area contributed by atoms with Gasteiger partial charge in [0.05, 0.1) is 11.2 Å². The van der Waals surface area contributed by atoms with Crippen molar-refractivity contribution in [2.24, 2.45) is 0 Å². The summed E-state index contributed by atoms with van der Waals surface area (Å²) in [5, 5.41) is 10.5. The Balaban J connectivity index is 1.79. The Hall–Kier alpha value is -2.55. The third kappa shape index (κ3) is 2.57. The second-order valence-corrected chi connectivity index (χ2v) is 4.73. The molecule has 3 aromatic rings. The zero-order valence-electron chi connectivity index (χ0n) is 11.2. The van der Waals surface area contributed by atoms with Gasteiger partial charge in [0, 0.05) is 5.39 Å². The molecule has 0 bridgehead atoms. The quantitative estimate of drug-likeness (QED) is 0.782. The minimum absolute atomic E-state index is 0.249. The molecule has 1 heterocycles. The van der Waals surface area contributed by atoms with Crippen LogP contribution in [0.3, 0.4) is 0 Å². The van der Waals surface area contributed by atoms with Crippen LogP contribution in [0.4, 0.5) is 0 Å². The van der Waals surface area contributed by atoms with Crippen molar-refractivity contribution in [1.29, 1.82) is 0 Å². The van der Waals surface area contributed by atoms with Crippen molar-refractivity contribution in [3.63, 3.8) is 0 Å². The van der Waals surface area contributed by atoms with Crippen molar-refractivity contribution in [2.45, 2.75) is 13.5 Å². The van der Waals surface area contributed by atoms with Crippen molar-refractivity contribution in [3.05, 3.63) is 65.9 Å². The highest BCUT2D eigenvalue weighted by Crippen LogP contribution is 2.23. The number of aryl methyl sites for hydroxylation is 1. The molecule has 0 aliphatic rings. The molecule has 3 rings (SSSR count). The van der Waals surface area contributed by atoms with Gasteiger partial charge >= 0.3 is 0 Å². The number of phenols is 1. The van der Waals surface area contributed by atoms with E-state index in [0.717, 1.165) is 27.9 Å². The topological polar surface area (TPSA) is 42.4 Å². The zero-order valence-corrected chi connectivity index (χ0v) is 11.2. The summed E-state index contributed by atoms with van der Waals surface area (Å²) < 4.78 is 5.75. The fourth-order valence-electron chi connectivity index (χ4n) is 2.14. The number of ether oxygens (including phenoxy) is 1. The van der Waals surface area contributed by atoms with Gasteiger partial charge in [-0.2, -0.15) is 0 Å². The van der Waals surface area contributed by atoms with Crippen LogP contribution in [0, 0.1) is 6.92 Å². The molecule has 0 saturated heterocycles. The SMILES string of the molecule is Cc1cc(O)ccc1OCc1ccc2ccccc2n1. The lowest BCUT2D eigenvalue weighted by Gasteiger charge is -2.09. The zero-order chi connectivity index (χ0) is 13.9. The number of fused-ring (bicyclic) bond motifs is 1. The third-order valence-electron chi connectivity index (χ3n) is 3.19. The highest BCUT2D eigenvalue weighted by molar-refractivity contribution is 5.78. The summed E-state index contributed by atoms with van der Waals surface area (Å²) in [4.78, 5) is 4.56. The summed E-state index contributed by atoms with van der Waals surface area (Å²) >= 11 is 0. The summed E-state index contributed by atoms with van der Waals surface area (Å²) in [6, 6.07) is 17.1. The van der Waals surface area contributed by atoms with E-state index < -0.39 is 0 Å². The van der Waals surface area contributed by atoms with Crippen LogP contribution >= 0.6 is 0 Å². The molecule has 0 aliphatic carbocycles. The number of aromatic hydroxyl groups is 1. The molecule has 0 aliphatic heterocycles. The lowest BCUT2D eigenvalue weighted by Crippen LogP contribution is -1.99. The first-order valence-electron chi connectivity index (χ1n) is 6.49. The van der Waals surface area contributed by atoms with Crippen LogP contribution in [-0.4, -0.2) is 10.1 Å². The van der Waals surface area contributed by atoms with Crippen LogP contribution < -0.4 is 4.74 Å². The Morgan fingerprint density at radius 3 is 2.75 bits per heavy atom. The smallest absolute Gasteiger partial charge is 0.130 e. The molecule has 0 fully saturated rings. The maximum atomic E-state index is 9.37. The van der Waals surface area contributed by atoms with Crippen LogP contribution in [0.25, 0.3) is 10.9 Å². The molecule has 100 valence electrons. The molecule has 1 aromatic heterocycles. The molecule has 0 unspecified atom stereocenters. The largest absolute Gasteiger partial charge is 0.508 e. The van der Waals surface area contributed by atoms with Crippen molar-refractivity contribution >= 4 is 10.9 Å². The summed E-state index contributed by atoms with van der Waals surface area (Å²) in [6.07, 6.45) is 0. The molecule has 20 heavy (non-hydrogen) atoms. The monoisotopic (exact) mass is 265 g/mol. The fraction of sp³-hybridized carbons (Fsp3) is 0.118. The van der Waals surface area contributed by atoms with Gasteiger partial charge in [-0.25, -0.2) is 4.98 Å². The van der Waals surface area contributed by atoms with Crippen molar-refractivity contribution in [2.75, 3.05) is 0 Å². The van der Waals surface area contributed by atoms with Gasteiger partial charge < -0.3 is 9.84 Å². The van der Waals surface area contributed by atoms with Gasteiger partial charge in [0.1, 0.15) is 18.1 Å². The predicted molar refractivity (Wildman–Crippen MR) is 78.9 cm³/mol. The van der Waals surface area contributed by atoms with Gasteiger partial charge in [0.15, 0.2) is 0 Å². The van der Waals surface area contributed by atoms with Gasteiger partial charge in [-0.1, -0.05) is 24.3 Å². The van der Waals surface area contributed by atoms with E-state index in [4.69, 9.17) is 4.74 Å². The highest BCUT2D eigenvalue weighted by Gasteiger charge is 2.03. The van der Waals surface area contributed by atoms with E-state index in [1.807, 2.05) is 43.3 Å². The number of aromatic nitrogens is 1. The molecule has 0 saturated carbocycles. The van der Waals surface area contributed by atoms with Crippen LogP contribution in [0.5, 0.6) is 11.5 Å². The minimum atomic E-state index is 0.249. The number of hydrogen-bond donors (Lipinski definition) is 1. The molecule has 3 heteroatoms. The molecule has 0 amide bonds. The van der Waals surface area contributed by atoms with Crippen LogP contribution in [-0.2, 0) is 6.61 Å². The number of benzene rings is 2. The first kappa shape index (κ1) is 12.5. The lowest BCUT2D eigenvalue weighted by molar-refractivity contribution is 0.299. The van der Waals surface area contributed by atoms with E-state index >= 15 is 0 Å². The van der Waals surface area contributed by atoms with Crippen molar-refractivity contribution < 1.29 is 9.84 Å². The van der Waals surface area contributed by atoms with Crippen molar-refractivity contribution in [1.82, 2.24) is 4.98 Å². The molecule has 0 radical (unpaired) electrons. The molecule has 2 aromatic carbocycles. The number of phenolic OH excluding ortho intramolecular Hbond substituents is 1. The molecular formula is C17H15NO2. The minimum Gasteiger partial charge on any atom is -0.508 e. The summed E-state index contributed by atoms with van der Waals surface area (Å²) in [6.45, 7) is 2.32. The number of hydrogen-bond acceptors (Lipinski definition) is 3. The number of para-hydroxylation sites is 1. The maximum Gasteiger partial charge on any atom is 0.130 e. The fourth-order valence-corrected chi connectivity index (χ4v) is 2.14. The van der Waals surface area contributed by atoms with E-state index in [9.17, 15) is 5.11 Å². The normalized spacial score (nSPS) is 10.7. The average molecular weight is 265 g/mol. The lowest BCUT2D eigenvalue weighted by atomic mass is 10.2. The Labute approximate surface area is 117 Å². The molecule has 0 spiro atoms. The van der Waals surface area contributed by atoms with E-state index in [1.54, 1.807) is 18.2 Å². The summed E-state index contributed by atoms with van der Waals surface area (Å²) in [5.41, 5.74) is 2.76. The molecule has 0 atom stereocenters. The Kier molecular flexibility index (Phi) is 3.25. The van der Waals surface area contributed by atoms with Gasteiger partial charge in [-0.05, 0) is 42.8 Å². The Morgan fingerprint density at radius 1 is 1.05 bits per heavy atom. The first-order valence-corrected chi connectivity index (χ1v) is 6.49. The van der Waals surface area contributed by atoms with Gasteiger partial charge in [-0.15, -0.1) is 0 Å². The van der Waals surface area contributed by atoms with Crippen LogP contribution in [0.1, 0.15) is 11.3 Å². The van der Waals surface area contributed by atoms with Crippen LogP contribution in [0.15, 0.2) is 54.6 Å². The van der Waals surface area contributed by atoms with Crippen molar-refractivity contribution in [3.8, 4) is 11.5 Å². The van der Waals surface area contributed by atoms with E-state index in [-0.39, 0.29) is 5.75 Å². The average Bonchev–Trinajstić information content (AvgIpc) is 2.46. The van der Waals surface area contributed by atoms with Gasteiger partial charge in [0.25, 0.3) is 0 Å². The van der Waals surface area contributed by atoms with Crippen LogP contribution in [0.2, 0.25) is 0 Å². The van der Waals surface area contributed by atoms with E-state index in [0.29, 0.717) is 6.61 Å². The second-order valence-electron chi connectivity index (χ2n) is 4.73. The van der Waals surface area contributed by atoms with Gasteiger partial charge in [0.2, 0.25) is 0 Å². The first-order chi connectivity index (χ1) is 9.72. The van der Waals surface area contributed by atoms with Gasteiger partial charge in [-0.3, -0.25) is 0 Å². The molecule has 1 N–H and O–H groups in total. The number of pyridine rings is 1.